The lowest BCUT2D eigenvalue weighted by Gasteiger charge is -2.17. The first kappa shape index (κ1) is 22.0. The number of H-pyrrole nitrogens is 1. The fourth-order valence-electron chi connectivity index (χ4n) is 3.54. The highest BCUT2D eigenvalue weighted by molar-refractivity contribution is 5.86. The molecule has 1 aromatic carbocycles. The third-order valence-corrected chi connectivity index (χ3v) is 5.29. The van der Waals surface area contributed by atoms with Crippen molar-refractivity contribution < 1.29 is 9.63 Å². The molecular weight excluding hydrogens is 380 g/mol. The van der Waals surface area contributed by atoms with E-state index in [2.05, 4.69) is 44.4 Å². The number of unbranched alkanes of at least 4 members (excludes halogenated alkanes) is 6. The maximum Gasteiger partial charge on any atom is 0.238 e. The number of tetrazole rings is 1. The number of anilines is 1. The van der Waals surface area contributed by atoms with E-state index in [-0.39, 0.29) is 0 Å². The summed E-state index contributed by atoms with van der Waals surface area (Å²) in [6, 6.07) is 8.14. The van der Waals surface area contributed by atoms with Crippen molar-refractivity contribution in [1.82, 2.24) is 25.2 Å². The summed E-state index contributed by atoms with van der Waals surface area (Å²) in [6.07, 6.45) is 12.9. The molecule has 0 spiro atoms. The number of nitrogens with one attached hydrogen (secondary N) is 1. The second kappa shape index (κ2) is 12.1. The normalized spacial score (nSPS) is 11.2. The molecule has 3 rings (SSSR count). The number of amides is 1. The third-order valence-electron chi connectivity index (χ3n) is 5.29. The van der Waals surface area contributed by atoms with E-state index in [4.69, 9.17) is 4.84 Å². The zero-order chi connectivity index (χ0) is 21.0. The van der Waals surface area contributed by atoms with Crippen LogP contribution in [0.3, 0.4) is 0 Å². The quantitative estimate of drug-likeness (QED) is 0.227. The van der Waals surface area contributed by atoms with Gasteiger partial charge in [-0.2, -0.15) is 5.06 Å². The van der Waals surface area contributed by atoms with E-state index >= 15 is 0 Å². The number of aryl methyl sites for hydroxylation is 2. The van der Waals surface area contributed by atoms with Crippen LogP contribution < -0.4 is 5.06 Å². The van der Waals surface area contributed by atoms with Crippen LogP contribution in [-0.2, 0) is 22.6 Å². The molecule has 1 amide bonds. The highest BCUT2D eigenvalue weighted by Gasteiger charge is 2.09. The third kappa shape index (κ3) is 6.38. The van der Waals surface area contributed by atoms with Gasteiger partial charge in [-0.15, -0.1) is 5.10 Å². The van der Waals surface area contributed by atoms with Gasteiger partial charge in [0.2, 0.25) is 6.41 Å². The summed E-state index contributed by atoms with van der Waals surface area (Å²) in [5.74, 6) is 0.873. The van der Waals surface area contributed by atoms with Crippen LogP contribution in [-0.4, -0.2) is 38.2 Å². The number of nitrogens with zero attached hydrogens (tertiary/aromatic N) is 5. The molecular formula is C22H32N6O2. The minimum atomic E-state index is 0.545. The lowest BCUT2D eigenvalue weighted by molar-refractivity contribution is -0.114. The van der Waals surface area contributed by atoms with Crippen molar-refractivity contribution in [3.63, 3.8) is 0 Å². The van der Waals surface area contributed by atoms with Gasteiger partial charge in [0.05, 0.1) is 17.8 Å². The molecule has 162 valence electrons. The number of aromatic amines is 1. The summed E-state index contributed by atoms with van der Waals surface area (Å²) in [5.41, 5.74) is 1.91. The van der Waals surface area contributed by atoms with Crippen LogP contribution in [0.5, 0.6) is 0 Å². The van der Waals surface area contributed by atoms with Gasteiger partial charge >= 0.3 is 0 Å². The second-order valence-corrected chi connectivity index (χ2v) is 7.59. The van der Waals surface area contributed by atoms with Gasteiger partial charge < -0.3 is 4.57 Å². The molecule has 8 nitrogen and oxygen atoms in total. The standard InChI is InChI=1S/C22H32N6O2/c1-2-3-16-30-28(18-29)20-12-11-19-13-15-27(21(19)17-20)14-9-7-5-4-6-8-10-22-23-25-26-24-22/h11-13,15,17-18H,2-10,14,16H2,1H3,(H,23,24,25,26). The van der Waals surface area contributed by atoms with Crippen LogP contribution in [0, 0.1) is 0 Å². The minimum absolute atomic E-state index is 0.545. The molecule has 8 heteroatoms. The Labute approximate surface area is 177 Å². The Morgan fingerprint density at radius 1 is 1.10 bits per heavy atom. The first-order valence-corrected chi connectivity index (χ1v) is 11.0. The number of hydroxylamine groups is 1. The Kier molecular flexibility index (Phi) is 8.83. The van der Waals surface area contributed by atoms with E-state index in [1.54, 1.807) is 0 Å². The topological polar surface area (TPSA) is 88.9 Å². The number of carbonyl (C=O) groups is 1. The molecule has 3 aromatic rings. The molecule has 0 aliphatic heterocycles. The molecule has 0 saturated carbocycles. The summed E-state index contributed by atoms with van der Waals surface area (Å²) < 4.78 is 2.27. The summed E-state index contributed by atoms with van der Waals surface area (Å²) in [5, 5.41) is 16.4. The van der Waals surface area contributed by atoms with Crippen molar-refractivity contribution in [1.29, 1.82) is 0 Å². The fraction of sp³-hybridized carbons (Fsp3) is 0.545. The lowest BCUT2D eigenvalue weighted by Crippen LogP contribution is -2.22. The number of benzene rings is 1. The van der Waals surface area contributed by atoms with Crippen LogP contribution in [0.4, 0.5) is 5.69 Å². The van der Waals surface area contributed by atoms with Crippen LogP contribution in [0.1, 0.15) is 64.1 Å². The SMILES string of the molecule is CCCCON(C=O)c1ccc2ccn(CCCCCCCCc3nnn[nH]3)c2c1. The van der Waals surface area contributed by atoms with Crippen molar-refractivity contribution in [2.75, 3.05) is 11.7 Å². The maximum atomic E-state index is 11.4. The van der Waals surface area contributed by atoms with Crippen molar-refractivity contribution in [2.45, 2.75) is 71.3 Å². The molecule has 1 N–H and O–H groups in total. The number of aromatic nitrogens is 5. The molecule has 0 atom stereocenters. The Balaban J connectivity index is 1.42. The van der Waals surface area contributed by atoms with E-state index in [1.165, 1.54) is 36.1 Å². The van der Waals surface area contributed by atoms with Gasteiger partial charge in [0.25, 0.3) is 0 Å². The Bertz CT molecular complexity index is 877. The molecule has 0 bridgehead atoms. The summed E-state index contributed by atoms with van der Waals surface area (Å²) >= 11 is 0. The van der Waals surface area contributed by atoms with E-state index in [0.29, 0.717) is 6.61 Å². The molecule has 2 heterocycles. The zero-order valence-electron chi connectivity index (χ0n) is 17.8. The van der Waals surface area contributed by atoms with Crippen LogP contribution >= 0.6 is 0 Å². The summed E-state index contributed by atoms with van der Waals surface area (Å²) in [6.45, 7) is 3.63. The Hall–Kier alpha value is -2.74. The molecule has 2 aromatic heterocycles. The van der Waals surface area contributed by atoms with Crippen molar-refractivity contribution in [3.05, 3.63) is 36.3 Å². The number of carbonyl (C=O) groups excluding carboxylic acids is 1. The molecule has 0 fully saturated rings. The molecule has 0 radical (unpaired) electrons. The zero-order valence-corrected chi connectivity index (χ0v) is 17.8. The average Bonchev–Trinajstić information content (AvgIpc) is 3.43. The van der Waals surface area contributed by atoms with Gasteiger partial charge in [-0.1, -0.05) is 45.1 Å². The van der Waals surface area contributed by atoms with Crippen LogP contribution in [0.2, 0.25) is 0 Å². The van der Waals surface area contributed by atoms with E-state index in [9.17, 15) is 4.79 Å². The smallest absolute Gasteiger partial charge is 0.238 e. The molecule has 0 unspecified atom stereocenters. The predicted octanol–water partition coefficient (Wildman–Crippen LogP) is 4.43. The lowest BCUT2D eigenvalue weighted by atomic mass is 10.1. The van der Waals surface area contributed by atoms with Gasteiger partial charge in [-0.25, -0.2) is 5.10 Å². The van der Waals surface area contributed by atoms with Crippen LogP contribution in [0.25, 0.3) is 10.9 Å². The Morgan fingerprint density at radius 3 is 2.70 bits per heavy atom. The van der Waals surface area contributed by atoms with Crippen molar-refractivity contribution in [2.24, 2.45) is 0 Å². The number of fused-ring (bicyclic) bond motifs is 1. The van der Waals surface area contributed by atoms with E-state index in [0.717, 1.165) is 62.1 Å². The van der Waals surface area contributed by atoms with E-state index in [1.807, 2.05) is 18.2 Å². The molecule has 0 saturated heterocycles. The maximum absolute atomic E-state index is 11.4. The number of rotatable bonds is 15. The largest absolute Gasteiger partial charge is 0.347 e. The number of hydrogen-bond donors (Lipinski definition) is 1. The van der Waals surface area contributed by atoms with Gasteiger partial charge in [-0.05, 0) is 53.3 Å². The van der Waals surface area contributed by atoms with Gasteiger partial charge in [0, 0.05) is 19.2 Å². The first-order valence-electron chi connectivity index (χ1n) is 11.0. The molecule has 0 aliphatic rings. The van der Waals surface area contributed by atoms with Gasteiger partial charge in [-0.3, -0.25) is 9.63 Å². The summed E-state index contributed by atoms with van der Waals surface area (Å²) in [4.78, 5) is 17.0. The van der Waals surface area contributed by atoms with Crippen molar-refractivity contribution >= 4 is 23.0 Å². The second-order valence-electron chi connectivity index (χ2n) is 7.59. The van der Waals surface area contributed by atoms with Gasteiger partial charge in [0.15, 0.2) is 0 Å². The Morgan fingerprint density at radius 2 is 1.93 bits per heavy atom. The first-order chi connectivity index (χ1) is 14.8. The van der Waals surface area contributed by atoms with Gasteiger partial charge in [0.1, 0.15) is 5.82 Å². The van der Waals surface area contributed by atoms with E-state index < -0.39 is 0 Å². The fourth-order valence-corrected chi connectivity index (χ4v) is 3.54. The number of hydrogen-bond acceptors (Lipinski definition) is 5. The van der Waals surface area contributed by atoms with Crippen molar-refractivity contribution in [3.8, 4) is 0 Å². The summed E-state index contributed by atoms with van der Waals surface area (Å²) in [7, 11) is 0. The average molecular weight is 413 g/mol. The van der Waals surface area contributed by atoms with Crippen LogP contribution in [0.15, 0.2) is 30.5 Å². The highest BCUT2D eigenvalue weighted by Crippen LogP contribution is 2.24. The predicted molar refractivity (Wildman–Crippen MR) is 117 cm³/mol. The molecule has 30 heavy (non-hydrogen) atoms. The highest BCUT2D eigenvalue weighted by atomic mass is 16.7. The molecule has 0 aliphatic carbocycles. The monoisotopic (exact) mass is 412 g/mol. The minimum Gasteiger partial charge on any atom is -0.347 e.